The van der Waals surface area contributed by atoms with Crippen LogP contribution < -0.4 is 4.74 Å². The maximum atomic E-state index is 12.4. The molecule has 0 spiro atoms. The van der Waals surface area contributed by atoms with E-state index in [0.29, 0.717) is 17.9 Å². The lowest BCUT2D eigenvalue weighted by Gasteiger charge is -2.27. The van der Waals surface area contributed by atoms with Crippen molar-refractivity contribution in [1.82, 2.24) is 9.88 Å². The molecular weight excluding hydrogens is 332 g/mol. The van der Waals surface area contributed by atoms with Crippen LogP contribution in [0.5, 0.6) is 5.75 Å². The molecule has 0 radical (unpaired) electrons. The normalized spacial score (nSPS) is 15.5. The molecule has 1 aliphatic rings. The van der Waals surface area contributed by atoms with Crippen LogP contribution in [0.1, 0.15) is 26.0 Å². The van der Waals surface area contributed by atoms with E-state index in [4.69, 9.17) is 9.47 Å². The number of nitrogens with one attached hydrogen (secondary N) is 1. The molecule has 0 saturated heterocycles. The number of carbonyl (C=O) groups is 2. The number of methoxy groups -OCH3 is 1. The molecular formula is C20H24N2O4. The van der Waals surface area contributed by atoms with Crippen molar-refractivity contribution in [1.29, 1.82) is 0 Å². The Balaban J connectivity index is 1.79. The quantitative estimate of drug-likeness (QED) is 0.807. The average Bonchev–Trinajstić information content (AvgIpc) is 3.14. The number of nitrogens with zero attached hydrogens (tertiary/aromatic N) is 1. The number of fused-ring (bicyclic) bond motifs is 1. The summed E-state index contributed by atoms with van der Waals surface area (Å²) >= 11 is 0. The van der Waals surface area contributed by atoms with Crippen molar-refractivity contribution < 1.29 is 19.1 Å². The topological polar surface area (TPSA) is 71.6 Å². The SMILES string of the molecule is COC(=O)[C@H](CC(C)C)N1CC(Oc2cccc3[nH]c(C)cc23)=CC1=O. The maximum Gasteiger partial charge on any atom is 0.328 e. The molecule has 0 saturated carbocycles. The highest BCUT2D eigenvalue weighted by molar-refractivity contribution is 5.94. The van der Waals surface area contributed by atoms with Gasteiger partial charge in [0.15, 0.2) is 0 Å². The van der Waals surface area contributed by atoms with Crippen LogP contribution in [-0.2, 0) is 14.3 Å². The first-order chi connectivity index (χ1) is 12.4. The molecule has 6 heteroatoms. The average molecular weight is 356 g/mol. The smallest absolute Gasteiger partial charge is 0.328 e. The Bertz CT molecular complexity index is 866. The van der Waals surface area contributed by atoms with Gasteiger partial charge in [-0.25, -0.2) is 4.79 Å². The first kappa shape index (κ1) is 18.0. The third-order valence-corrected chi connectivity index (χ3v) is 4.44. The molecule has 6 nitrogen and oxygen atoms in total. The zero-order chi connectivity index (χ0) is 18.8. The van der Waals surface area contributed by atoms with Crippen LogP contribution in [0.15, 0.2) is 36.1 Å². The van der Waals surface area contributed by atoms with E-state index in [9.17, 15) is 9.59 Å². The predicted molar refractivity (Wildman–Crippen MR) is 98.7 cm³/mol. The van der Waals surface area contributed by atoms with Gasteiger partial charge in [-0.15, -0.1) is 0 Å². The highest BCUT2D eigenvalue weighted by Gasteiger charge is 2.35. The summed E-state index contributed by atoms with van der Waals surface area (Å²) in [6, 6.07) is 7.16. The van der Waals surface area contributed by atoms with E-state index in [1.165, 1.54) is 18.1 Å². The number of aromatic amines is 1. The van der Waals surface area contributed by atoms with Crippen LogP contribution in [0.4, 0.5) is 0 Å². The summed E-state index contributed by atoms with van der Waals surface area (Å²) in [6.45, 7) is 6.26. The molecule has 1 atom stereocenters. The van der Waals surface area contributed by atoms with Gasteiger partial charge >= 0.3 is 5.97 Å². The highest BCUT2D eigenvalue weighted by atomic mass is 16.5. The van der Waals surface area contributed by atoms with Crippen molar-refractivity contribution in [2.75, 3.05) is 13.7 Å². The number of hydrogen-bond donors (Lipinski definition) is 1. The minimum absolute atomic E-state index is 0.228. The molecule has 1 aliphatic heterocycles. The van der Waals surface area contributed by atoms with Crippen molar-refractivity contribution in [3.63, 3.8) is 0 Å². The van der Waals surface area contributed by atoms with Gasteiger partial charge in [0.1, 0.15) is 17.6 Å². The van der Waals surface area contributed by atoms with Crippen LogP contribution >= 0.6 is 0 Å². The fourth-order valence-corrected chi connectivity index (χ4v) is 3.27. The zero-order valence-electron chi connectivity index (χ0n) is 15.5. The van der Waals surface area contributed by atoms with Crippen molar-refractivity contribution in [3.8, 4) is 5.75 Å². The lowest BCUT2D eigenvalue weighted by Crippen LogP contribution is -2.44. The fraction of sp³-hybridized carbons (Fsp3) is 0.400. The summed E-state index contributed by atoms with van der Waals surface area (Å²) in [4.78, 5) is 29.4. The van der Waals surface area contributed by atoms with E-state index < -0.39 is 12.0 Å². The third-order valence-electron chi connectivity index (χ3n) is 4.44. The number of H-pyrrole nitrogens is 1. The van der Waals surface area contributed by atoms with Crippen LogP contribution in [0, 0.1) is 12.8 Å². The van der Waals surface area contributed by atoms with E-state index in [0.717, 1.165) is 16.6 Å². The van der Waals surface area contributed by atoms with Crippen LogP contribution in [0.2, 0.25) is 0 Å². The minimum atomic E-state index is -0.602. The van der Waals surface area contributed by atoms with Crippen molar-refractivity contribution in [2.45, 2.75) is 33.2 Å². The molecule has 3 rings (SSSR count). The van der Waals surface area contributed by atoms with Crippen molar-refractivity contribution in [2.24, 2.45) is 5.92 Å². The standard InChI is InChI=1S/C20H24N2O4/c1-12(2)8-17(20(24)25-4)22-11-14(10-19(22)23)26-18-7-5-6-16-15(18)9-13(3)21-16/h5-7,9-10,12,17,21H,8,11H2,1-4H3/t17-/m0/s1. The number of hydrogen-bond acceptors (Lipinski definition) is 4. The van der Waals surface area contributed by atoms with Gasteiger partial charge in [-0.2, -0.15) is 0 Å². The second-order valence-corrected chi connectivity index (χ2v) is 7.02. The molecule has 138 valence electrons. The second-order valence-electron chi connectivity index (χ2n) is 7.02. The molecule has 0 fully saturated rings. The molecule has 1 N–H and O–H groups in total. The monoisotopic (exact) mass is 356 g/mol. The largest absolute Gasteiger partial charge is 0.467 e. The van der Waals surface area contributed by atoms with Crippen LogP contribution in [0.3, 0.4) is 0 Å². The van der Waals surface area contributed by atoms with Gasteiger partial charge in [0.05, 0.1) is 13.7 Å². The fourth-order valence-electron chi connectivity index (χ4n) is 3.27. The summed E-state index contributed by atoms with van der Waals surface area (Å²) in [6.07, 6.45) is 2.00. The summed E-state index contributed by atoms with van der Waals surface area (Å²) in [5, 5.41) is 0.962. The molecule has 1 aromatic heterocycles. The van der Waals surface area contributed by atoms with Gasteiger partial charge in [-0.1, -0.05) is 19.9 Å². The van der Waals surface area contributed by atoms with Gasteiger partial charge < -0.3 is 19.4 Å². The van der Waals surface area contributed by atoms with Gasteiger partial charge in [-0.05, 0) is 37.5 Å². The number of ether oxygens (including phenoxy) is 2. The number of aromatic nitrogens is 1. The maximum absolute atomic E-state index is 12.4. The Morgan fingerprint density at radius 3 is 2.81 bits per heavy atom. The Morgan fingerprint density at radius 2 is 2.12 bits per heavy atom. The van der Waals surface area contributed by atoms with Crippen LogP contribution in [-0.4, -0.2) is 41.5 Å². The Hall–Kier alpha value is -2.76. The zero-order valence-corrected chi connectivity index (χ0v) is 15.5. The number of rotatable bonds is 6. The van der Waals surface area contributed by atoms with Gasteiger partial charge in [0, 0.05) is 22.7 Å². The first-order valence-corrected chi connectivity index (χ1v) is 8.74. The van der Waals surface area contributed by atoms with E-state index >= 15 is 0 Å². The summed E-state index contributed by atoms with van der Waals surface area (Å²) in [7, 11) is 1.34. The van der Waals surface area contributed by atoms with E-state index in [1.54, 1.807) is 0 Å². The summed E-state index contributed by atoms with van der Waals surface area (Å²) in [5.74, 6) is 0.845. The van der Waals surface area contributed by atoms with Gasteiger partial charge in [0.25, 0.3) is 5.91 Å². The van der Waals surface area contributed by atoms with Crippen molar-refractivity contribution >= 4 is 22.8 Å². The second kappa shape index (κ2) is 7.23. The molecule has 2 aromatic rings. The number of aryl methyl sites for hydroxylation is 1. The molecule has 0 unspecified atom stereocenters. The lowest BCUT2D eigenvalue weighted by molar-refractivity contribution is -0.151. The van der Waals surface area contributed by atoms with Crippen LogP contribution in [0.25, 0.3) is 10.9 Å². The Kier molecular flexibility index (Phi) is 5.02. The van der Waals surface area contributed by atoms with E-state index in [-0.39, 0.29) is 18.4 Å². The first-order valence-electron chi connectivity index (χ1n) is 8.74. The Morgan fingerprint density at radius 1 is 1.35 bits per heavy atom. The molecule has 1 aromatic carbocycles. The number of esters is 1. The van der Waals surface area contributed by atoms with Gasteiger partial charge in [0.2, 0.25) is 0 Å². The molecule has 26 heavy (non-hydrogen) atoms. The van der Waals surface area contributed by atoms with E-state index in [2.05, 4.69) is 4.98 Å². The Labute approximate surface area is 152 Å². The number of benzene rings is 1. The molecule has 1 amide bonds. The van der Waals surface area contributed by atoms with Gasteiger partial charge in [-0.3, -0.25) is 4.79 Å². The van der Waals surface area contributed by atoms with E-state index in [1.807, 2.05) is 45.0 Å². The summed E-state index contributed by atoms with van der Waals surface area (Å²) in [5.41, 5.74) is 2.02. The number of amides is 1. The molecule has 0 bridgehead atoms. The molecule has 0 aliphatic carbocycles. The van der Waals surface area contributed by atoms with Crippen molar-refractivity contribution in [3.05, 3.63) is 41.8 Å². The predicted octanol–water partition coefficient (Wildman–Crippen LogP) is 3.17. The highest BCUT2D eigenvalue weighted by Crippen LogP contribution is 2.29. The summed E-state index contributed by atoms with van der Waals surface area (Å²) < 4.78 is 10.9. The minimum Gasteiger partial charge on any atom is -0.467 e. The third kappa shape index (κ3) is 3.59. The lowest BCUT2D eigenvalue weighted by atomic mass is 10.0. The number of carbonyl (C=O) groups excluding carboxylic acids is 2. The molecule has 2 heterocycles.